The fourth-order valence-corrected chi connectivity index (χ4v) is 8.97. The van der Waals surface area contributed by atoms with Crippen LogP contribution in [0.1, 0.15) is 103 Å². The number of nitrogens with one attached hydrogen (secondary N) is 4. The Labute approximate surface area is 292 Å². The topological polar surface area (TPSA) is 173 Å². The summed E-state index contributed by atoms with van der Waals surface area (Å²) in [7, 11) is 1.52. The van der Waals surface area contributed by atoms with E-state index in [1.165, 1.54) is 34.6 Å². The molecule has 2 fully saturated rings. The SMILES string of the molecule is CCNC(=O)C(=O)CC[C@H](NC(=O)c1cnc(Cl)n1C)C(=O)Nc1cccn(CC(=O)NC23CC(C)(C)CC(C)(CC(C)(CC)C2)C3)c1=O. The maximum Gasteiger partial charge on any atom is 0.287 e. The molecule has 2 aliphatic carbocycles. The van der Waals surface area contributed by atoms with Crippen molar-refractivity contribution in [2.75, 3.05) is 11.9 Å². The van der Waals surface area contributed by atoms with E-state index in [2.05, 4.69) is 60.9 Å². The summed E-state index contributed by atoms with van der Waals surface area (Å²) in [5.41, 5.74) is -0.809. The molecule has 0 saturated heterocycles. The second kappa shape index (κ2) is 14.5. The largest absolute Gasteiger partial charge is 0.350 e. The predicted octanol–water partition coefficient (Wildman–Crippen LogP) is 3.74. The van der Waals surface area contributed by atoms with Gasteiger partial charge < -0.3 is 30.4 Å². The number of fused-ring (bicyclic) bond motifs is 2. The van der Waals surface area contributed by atoms with E-state index >= 15 is 0 Å². The van der Waals surface area contributed by atoms with Gasteiger partial charge in [0.05, 0.1) is 6.20 Å². The minimum atomic E-state index is -1.31. The molecule has 4 amide bonds. The van der Waals surface area contributed by atoms with Crippen LogP contribution >= 0.6 is 11.6 Å². The molecule has 2 aliphatic rings. The smallest absolute Gasteiger partial charge is 0.287 e. The Bertz CT molecular complexity index is 1680. The van der Waals surface area contributed by atoms with Crippen LogP contribution in [0.2, 0.25) is 5.28 Å². The number of hydrogen-bond acceptors (Lipinski definition) is 7. The number of carbonyl (C=O) groups is 5. The van der Waals surface area contributed by atoms with E-state index in [-0.39, 0.29) is 70.3 Å². The van der Waals surface area contributed by atoms with Gasteiger partial charge in [-0.25, -0.2) is 4.98 Å². The van der Waals surface area contributed by atoms with E-state index in [9.17, 15) is 28.8 Å². The third kappa shape index (κ3) is 8.97. The van der Waals surface area contributed by atoms with Crippen LogP contribution in [-0.2, 0) is 32.8 Å². The highest BCUT2D eigenvalue weighted by atomic mass is 35.5. The minimum Gasteiger partial charge on any atom is -0.350 e. The first-order chi connectivity index (χ1) is 22.8. The van der Waals surface area contributed by atoms with Gasteiger partial charge in [0.25, 0.3) is 17.4 Å². The Kier molecular flexibility index (Phi) is 11.2. The number of Topliss-reactive ketones (excluding diaryl/α,β-unsaturated/α-hetero) is 1. The van der Waals surface area contributed by atoms with Gasteiger partial charge in [0, 0.05) is 31.7 Å². The molecular weight excluding hydrogens is 650 g/mol. The van der Waals surface area contributed by atoms with Crippen LogP contribution in [0, 0.1) is 16.2 Å². The number of imidazole rings is 1. The van der Waals surface area contributed by atoms with E-state index in [4.69, 9.17) is 11.6 Å². The summed E-state index contributed by atoms with van der Waals surface area (Å²) in [6, 6.07) is 1.64. The Morgan fingerprint density at radius 1 is 1.02 bits per heavy atom. The second-order valence-corrected chi connectivity index (χ2v) is 15.9. The van der Waals surface area contributed by atoms with Crippen LogP contribution in [0.15, 0.2) is 29.3 Å². The van der Waals surface area contributed by atoms with Gasteiger partial charge in [-0.15, -0.1) is 0 Å². The van der Waals surface area contributed by atoms with Gasteiger partial charge in [0.1, 0.15) is 24.0 Å². The van der Waals surface area contributed by atoms with E-state index in [0.717, 1.165) is 38.5 Å². The number of carbonyl (C=O) groups excluding carboxylic acids is 5. The van der Waals surface area contributed by atoms with E-state index < -0.39 is 35.1 Å². The molecule has 4 N–H and O–H groups in total. The van der Waals surface area contributed by atoms with Gasteiger partial charge in [-0.1, -0.05) is 41.0 Å². The van der Waals surface area contributed by atoms with Crippen molar-refractivity contribution in [1.82, 2.24) is 30.1 Å². The van der Waals surface area contributed by atoms with Crippen molar-refractivity contribution in [3.05, 3.63) is 45.9 Å². The summed E-state index contributed by atoms with van der Waals surface area (Å²) in [5.74, 6) is -3.32. The van der Waals surface area contributed by atoms with Crippen molar-refractivity contribution < 1.29 is 24.0 Å². The maximum atomic E-state index is 13.6. The molecule has 2 bridgehead atoms. The third-order valence-electron chi connectivity index (χ3n) is 9.99. The molecule has 14 heteroatoms. The van der Waals surface area contributed by atoms with Crippen molar-refractivity contribution in [2.45, 2.75) is 111 Å². The molecule has 4 atom stereocenters. The Morgan fingerprint density at radius 2 is 1.73 bits per heavy atom. The Hall–Kier alpha value is -4.00. The van der Waals surface area contributed by atoms with Crippen LogP contribution in [0.4, 0.5) is 5.69 Å². The number of anilines is 1. The molecule has 0 radical (unpaired) electrons. The van der Waals surface area contributed by atoms with Gasteiger partial charge in [0.15, 0.2) is 0 Å². The number of rotatable bonds is 13. The first kappa shape index (κ1) is 37.8. The number of halogens is 1. The average molecular weight is 700 g/mol. The maximum absolute atomic E-state index is 13.6. The molecule has 4 rings (SSSR count). The third-order valence-corrected chi connectivity index (χ3v) is 10.3. The van der Waals surface area contributed by atoms with E-state index in [1.807, 2.05) is 0 Å². The highest BCUT2D eigenvalue weighted by molar-refractivity contribution is 6.36. The Balaban J connectivity index is 1.51. The molecule has 2 aromatic rings. The number of pyridine rings is 1. The molecule has 0 aliphatic heterocycles. The minimum absolute atomic E-state index is 0.0510. The fourth-order valence-electron chi connectivity index (χ4n) is 8.83. The van der Waals surface area contributed by atoms with E-state index in [1.54, 1.807) is 13.0 Å². The summed E-state index contributed by atoms with van der Waals surface area (Å²) in [6.45, 7) is 13.0. The van der Waals surface area contributed by atoms with Gasteiger partial charge in [-0.2, -0.15) is 0 Å². The number of ketones is 1. The quantitative estimate of drug-likeness (QED) is 0.231. The molecule has 2 saturated carbocycles. The molecular formula is C35H50ClN7O6. The molecule has 49 heavy (non-hydrogen) atoms. The van der Waals surface area contributed by atoms with Crippen LogP contribution in [0.5, 0.6) is 0 Å². The Morgan fingerprint density at radius 3 is 2.37 bits per heavy atom. The lowest BCUT2D eigenvalue weighted by Gasteiger charge is -2.61. The van der Waals surface area contributed by atoms with Crippen LogP contribution < -0.4 is 26.8 Å². The predicted molar refractivity (Wildman–Crippen MR) is 186 cm³/mol. The van der Waals surface area contributed by atoms with Crippen LogP contribution in [-0.4, -0.2) is 61.7 Å². The van der Waals surface area contributed by atoms with Gasteiger partial charge in [0.2, 0.25) is 22.9 Å². The monoisotopic (exact) mass is 699 g/mol. The van der Waals surface area contributed by atoms with Crippen molar-refractivity contribution in [3.8, 4) is 0 Å². The summed E-state index contributed by atoms with van der Waals surface area (Å²) in [4.78, 5) is 82.0. The molecule has 268 valence electrons. The van der Waals surface area contributed by atoms with Crippen molar-refractivity contribution >= 4 is 46.7 Å². The number of likely N-dealkylation sites (N-methyl/N-ethyl adjacent to an activating group) is 1. The number of nitrogens with zero attached hydrogens (tertiary/aromatic N) is 3. The van der Waals surface area contributed by atoms with Gasteiger partial charge >= 0.3 is 0 Å². The van der Waals surface area contributed by atoms with E-state index in [0.29, 0.717) is 0 Å². The number of amides is 4. The van der Waals surface area contributed by atoms with Crippen molar-refractivity contribution in [2.24, 2.45) is 23.3 Å². The number of aromatic nitrogens is 3. The molecule has 13 nitrogen and oxygen atoms in total. The molecule has 2 heterocycles. The first-order valence-electron chi connectivity index (χ1n) is 16.9. The summed E-state index contributed by atoms with van der Waals surface area (Å²) in [6.07, 6.45) is 7.96. The summed E-state index contributed by atoms with van der Waals surface area (Å²) >= 11 is 5.97. The van der Waals surface area contributed by atoms with Gasteiger partial charge in [-0.3, -0.25) is 28.8 Å². The van der Waals surface area contributed by atoms with Crippen molar-refractivity contribution in [3.63, 3.8) is 0 Å². The summed E-state index contributed by atoms with van der Waals surface area (Å²) in [5, 5.41) is 10.9. The fraction of sp³-hybridized carbons (Fsp3) is 0.629. The zero-order valence-electron chi connectivity index (χ0n) is 29.6. The zero-order valence-corrected chi connectivity index (χ0v) is 30.4. The molecule has 0 spiro atoms. The lowest BCUT2D eigenvalue weighted by atomic mass is 9.47. The number of hydrogen-bond donors (Lipinski definition) is 4. The second-order valence-electron chi connectivity index (χ2n) is 15.5. The lowest BCUT2D eigenvalue weighted by molar-refractivity contribution is -0.138. The normalized spacial score (nSPS) is 24.7. The first-order valence-corrected chi connectivity index (χ1v) is 17.3. The zero-order chi connectivity index (χ0) is 36.4. The van der Waals surface area contributed by atoms with Crippen LogP contribution in [0.3, 0.4) is 0 Å². The molecule has 0 aromatic carbocycles. The highest BCUT2D eigenvalue weighted by Crippen LogP contribution is 2.62. The molecule has 2 aromatic heterocycles. The average Bonchev–Trinajstić information content (AvgIpc) is 3.32. The van der Waals surface area contributed by atoms with Crippen LogP contribution in [0.25, 0.3) is 0 Å². The standard InChI is InChI=1S/C35H50ClN7O6/c1-8-33(5)19-34(6)17-32(3,4)18-35(20-33,21-34)41-26(45)16-43-14-10-11-23(30(43)49)40-27(46)22(12-13-25(44)29(48)37-9-2)39-28(47)24-15-38-31(36)42(24)7/h10-11,14-15,22H,8-9,12-13,16-21H2,1-7H3,(H,37,48)(H,39,47)(H,40,46)(H,41,45)/t22-,33?,34?,35?/m0/s1. The van der Waals surface area contributed by atoms with Crippen molar-refractivity contribution in [1.29, 1.82) is 0 Å². The molecule has 3 unspecified atom stereocenters. The highest BCUT2D eigenvalue weighted by Gasteiger charge is 2.57. The van der Waals surface area contributed by atoms with Gasteiger partial charge in [-0.05, 0) is 85.4 Å². The summed E-state index contributed by atoms with van der Waals surface area (Å²) < 4.78 is 2.55. The lowest BCUT2D eigenvalue weighted by Crippen LogP contribution is -2.63.